The molecule has 0 aromatic heterocycles. The topological polar surface area (TPSA) is 63.7 Å². The highest BCUT2D eigenvalue weighted by Crippen LogP contribution is 2.36. The Morgan fingerprint density at radius 3 is 2.14 bits per heavy atom. The molecule has 9 heteroatoms. The van der Waals surface area contributed by atoms with Gasteiger partial charge in [0.05, 0.1) is 11.1 Å². The number of hydrogen-bond donors (Lipinski definition) is 0. The normalized spacial score (nSPS) is 17.8. The van der Waals surface area contributed by atoms with Crippen molar-refractivity contribution in [1.82, 2.24) is 4.90 Å². The highest BCUT2D eigenvalue weighted by atomic mass is 19.4. The van der Waals surface area contributed by atoms with Crippen molar-refractivity contribution in [3.63, 3.8) is 0 Å². The summed E-state index contributed by atoms with van der Waals surface area (Å²) in [6.45, 7) is 0. The molecule has 0 N–H and O–H groups in total. The van der Waals surface area contributed by atoms with Crippen LogP contribution in [0.1, 0.15) is 37.9 Å². The summed E-state index contributed by atoms with van der Waals surface area (Å²) in [5.74, 6) is -3.90. The van der Waals surface area contributed by atoms with E-state index in [1.54, 1.807) is 60.7 Å². The van der Waals surface area contributed by atoms with E-state index in [1.807, 2.05) is 0 Å². The van der Waals surface area contributed by atoms with Gasteiger partial charge < -0.3 is 9.64 Å². The number of halogens is 4. The Morgan fingerprint density at radius 1 is 0.886 bits per heavy atom. The standard InChI is InChI=1S/C26H17F4NO4/c27-18-11-12-19(20(15-18)26(28,29)30)25(34)35-23-21(32)13-14-31(22(23)16-7-3-1-4-8-16)24(33)17-9-5-2-6-10-17/h1-15,22-23H/t22-,23+/m1/s1. The van der Waals surface area contributed by atoms with E-state index in [4.69, 9.17) is 4.74 Å². The summed E-state index contributed by atoms with van der Waals surface area (Å²) in [7, 11) is 0. The van der Waals surface area contributed by atoms with Crippen LogP contribution in [-0.4, -0.2) is 28.7 Å². The van der Waals surface area contributed by atoms with Crippen LogP contribution in [0.15, 0.2) is 91.1 Å². The van der Waals surface area contributed by atoms with E-state index in [2.05, 4.69) is 0 Å². The molecule has 5 nitrogen and oxygen atoms in total. The minimum Gasteiger partial charge on any atom is -0.448 e. The number of hydrogen-bond acceptors (Lipinski definition) is 4. The van der Waals surface area contributed by atoms with Crippen molar-refractivity contribution >= 4 is 17.7 Å². The summed E-state index contributed by atoms with van der Waals surface area (Å²) in [6, 6.07) is 16.7. The van der Waals surface area contributed by atoms with Gasteiger partial charge in [0.2, 0.25) is 0 Å². The lowest BCUT2D eigenvalue weighted by Crippen LogP contribution is -2.46. The predicted molar refractivity (Wildman–Crippen MR) is 117 cm³/mol. The van der Waals surface area contributed by atoms with E-state index in [-0.39, 0.29) is 11.6 Å². The van der Waals surface area contributed by atoms with Gasteiger partial charge in [-0.1, -0.05) is 48.5 Å². The van der Waals surface area contributed by atoms with Gasteiger partial charge in [-0.3, -0.25) is 9.59 Å². The molecule has 178 valence electrons. The molecule has 0 bridgehead atoms. The van der Waals surface area contributed by atoms with Crippen LogP contribution < -0.4 is 0 Å². The fourth-order valence-electron chi connectivity index (χ4n) is 3.78. The number of amides is 1. The SMILES string of the molecule is O=C(O[C@H]1C(=O)C=CN(C(=O)c2ccccc2)[C@@H]1c1ccccc1)c1ccc(F)cc1C(F)(F)F. The minimum absolute atomic E-state index is 0.180. The number of alkyl halides is 3. The van der Waals surface area contributed by atoms with Crippen LogP contribution in [0.4, 0.5) is 17.6 Å². The lowest BCUT2D eigenvalue weighted by atomic mass is 9.93. The highest BCUT2D eigenvalue weighted by Gasteiger charge is 2.42. The smallest absolute Gasteiger partial charge is 0.417 e. The van der Waals surface area contributed by atoms with Gasteiger partial charge in [0.25, 0.3) is 5.91 Å². The van der Waals surface area contributed by atoms with Crippen LogP contribution in [0.3, 0.4) is 0 Å². The third-order valence-corrected chi connectivity index (χ3v) is 5.40. The molecular weight excluding hydrogens is 466 g/mol. The Hall–Kier alpha value is -4.27. The Kier molecular flexibility index (Phi) is 6.50. The molecule has 1 heterocycles. The molecule has 3 aromatic rings. The molecule has 4 rings (SSSR count). The fraction of sp³-hybridized carbons (Fsp3) is 0.115. The van der Waals surface area contributed by atoms with Crippen molar-refractivity contribution in [1.29, 1.82) is 0 Å². The number of rotatable bonds is 4. The van der Waals surface area contributed by atoms with Crippen molar-refractivity contribution in [3.05, 3.63) is 119 Å². The van der Waals surface area contributed by atoms with Crippen LogP contribution in [0.5, 0.6) is 0 Å². The number of ketones is 1. The maximum atomic E-state index is 13.5. The molecule has 0 unspecified atom stereocenters. The lowest BCUT2D eigenvalue weighted by molar-refractivity contribution is -0.138. The van der Waals surface area contributed by atoms with E-state index >= 15 is 0 Å². The van der Waals surface area contributed by atoms with Crippen molar-refractivity contribution in [2.24, 2.45) is 0 Å². The van der Waals surface area contributed by atoms with Gasteiger partial charge >= 0.3 is 12.1 Å². The molecule has 0 spiro atoms. The second-order valence-electron chi connectivity index (χ2n) is 7.67. The summed E-state index contributed by atoms with van der Waals surface area (Å²) >= 11 is 0. The maximum Gasteiger partial charge on any atom is 0.417 e. The summed E-state index contributed by atoms with van der Waals surface area (Å²) < 4.78 is 59.1. The molecule has 0 aliphatic carbocycles. The zero-order valence-electron chi connectivity index (χ0n) is 17.9. The van der Waals surface area contributed by atoms with Crippen molar-refractivity contribution < 1.29 is 36.7 Å². The van der Waals surface area contributed by atoms with Crippen molar-refractivity contribution in [2.75, 3.05) is 0 Å². The number of ether oxygens (including phenoxy) is 1. The van der Waals surface area contributed by atoms with E-state index in [9.17, 15) is 31.9 Å². The van der Waals surface area contributed by atoms with Gasteiger partial charge in [0.15, 0.2) is 11.9 Å². The first kappa shape index (κ1) is 23.9. The Labute approximate surface area is 197 Å². The van der Waals surface area contributed by atoms with E-state index in [0.29, 0.717) is 17.7 Å². The molecule has 2 atom stereocenters. The second-order valence-corrected chi connectivity index (χ2v) is 7.67. The number of benzene rings is 3. The van der Waals surface area contributed by atoms with Gasteiger partial charge in [-0.15, -0.1) is 0 Å². The first-order chi connectivity index (χ1) is 16.7. The quantitative estimate of drug-likeness (QED) is 0.371. The van der Waals surface area contributed by atoms with E-state index in [1.165, 1.54) is 11.1 Å². The molecule has 3 aromatic carbocycles. The van der Waals surface area contributed by atoms with Gasteiger partial charge in [0.1, 0.15) is 11.9 Å². The highest BCUT2D eigenvalue weighted by molar-refractivity contribution is 6.02. The monoisotopic (exact) mass is 483 g/mol. The summed E-state index contributed by atoms with van der Waals surface area (Å²) in [5.41, 5.74) is -1.78. The molecule has 1 amide bonds. The second kappa shape index (κ2) is 9.54. The van der Waals surface area contributed by atoms with Gasteiger partial charge in [-0.25, -0.2) is 9.18 Å². The average molecular weight is 483 g/mol. The molecule has 1 aliphatic rings. The van der Waals surface area contributed by atoms with E-state index in [0.717, 1.165) is 6.08 Å². The Balaban J connectivity index is 1.75. The van der Waals surface area contributed by atoms with Crippen LogP contribution >= 0.6 is 0 Å². The molecule has 0 saturated heterocycles. The molecule has 0 radical (unpaired) electrons. The first-order valence-corrected chi connectivity index (χ1v) is 10.4. The number of carbonyl (C=O) groups is 3. The number of esters is 1. The van der Waals surface area contributed by atoms with E-state index < -0.39 is 52.9 Å². The molecule has 35 heavy (non-hydrogen) atoms. The summed E-state index contributed by atoms with van der Waals surface area (Å²) in [5, 5.41) is 0. The lowest BCUT2D eigenvalue weighted by Gasteiger charge is -2.36. The number of carbonyl (C=O) groups excluding carboxylic acids is 3. The third-order valence-electron chi connectivity index (χ3n) is 5.40. The summed E-state index contributed by atoms with van der Waals surface area (Å²) in [4.78, 5) is 40.1. The average Bonchev–Trinajstić information content (AvgIpc) is 2.85. The molecular formula is C26H17F4NO4. The fourth-order valence-corrected chi connectivity index (χ4v) is 3.78. The van der Waals surface area contributed by atoms with Crippen LogP contribution in [0, 0.1) is 5.82 Å². The molecule has 0 saturated carbocycles. The summed E-state index contributed by atoms with van der Waals surface area (Å²) in [6.07, 6.45) is -4.42. The van der Waals surface area contributed by atoms with Gasteiger partial charge in [-0.05, 0) is 35.9 Å². The largest absolute Gasteiger partial charge is 0.448 e. The maximum absolute atomic E-state index is 13.5. The first-order valence-electron chi connectivity index (χ1n) is 10.4. The zero-order chi connectivity index (χ0) is 25.2. The predicted octanol–water partition coefficient (Wildman–Crippen LogP) is 5.35. The van der Waals surface area contributed by atoms with Crippen LogP contribution in [-0.2, 0) is 15.7 Å². The van der Waals surface area contributed by atoms with Crippen LogP contribution in [0.25, 0.3) is 0 Å². The van der Waals surface area contributed by atoms with Gasteiger partial charge in [0, 0.05) is 17.8 Å². The van der Waals surface area contributed by atoms with Crippen molar-refractivity contribution in [3.8, 4) is 0 Å². The third kappa shape index (κ3) is 4.98. The number of nitrogens with zero attached hydrogens (tertiary/aromatic N) is 1. The van der Waals surface area contributed by atoms with Crippen molar-refractivity contribution in [2.45, 2.75) is 18.3 Å². The minimum atomic E-state index is -5.04. The zero-order valence-corrected chi connectivity index (χ0v) is 17.9. The van der Waals surface area contributed by atoms with Gasteiger partial charge in [-0.2, -0.15) is 13.2 Å². The molecule has 0 fully saturated rings. The molecule has 1 aliphatic heterocycles. The Bertz CT molecular complexity index is 1290. The van der Waals surface area contributed by atoms with Crippen LogP contribution in [0.2, 0.25) is 0 Å². The Morgan fingerprint density at radius 2 is 1.51 bits per heavy atom.